The maximum Gasteiger partial charge on any atom is 0.248 e. The Morgan fingerprint density at radius 3 is 2.86 bits per heavy atom. The monoisotopic (exact) mass is 401 g/mol. The van der Waals surface area contributed by atoms with Crippen LogP contribution >= 0.6 is 0 Å². The number of halogens is 1. The molecule has 0 aromatic heterocycles. The lowest BCUT2D eigenvalue weighted by Gasteiger charge is -2.25. The van der Waals surface area contributed by atoms with Gasteiger partial charge in [0.05, 0.1) is 12.7 Å². The van der Waals surface area contributed by atoms with Crippen LogP contribution in [0.3, 0.4) is 0 Å². The minimum Gasteiger partial charge on any atom is -0.493 e. The third-order valence-electron chi connectivity index (χ3n) is 4.94. The van der Waals surface area contributed by atoms with Crippen LogP contribution in [0.4, 0.5) is 4.39 Å². The van der Waals surface area contributed by atoms with Crippen LogP contribution in [-0.4, -0.2) is 50.4 Å². The normalized spacial score (nSPS) is 16.0. The summed E-state index contributed by atoms with van der Waals surface area (Å²) in [6, 6.07) is 14.4. The van der Waals surface area contributed by atoms with Gasteiger partial charge in [-0.3, -0.25) is 4.79 Å². The number of nitrogens with zero attached hydrogens (tertiary/aromatic N) is 1. The Kier molecular flexibility index (Phi) is 8.02. The van der Waals surface area contributed by atoms with Crippen molar-refractivity contribution in [2.24, 2.45) is 0 Å². The summed E-state index contributed by atoms with van der Waals surface area (Å²) in [5, 5.41) is 0. The molecule has 2 aromatic carbocycles. The van der Waals surface area contributed by atoms with Crippen LogP contribution < -0.4 is 4.74 Å². The number of carbonyl (C=O) groups is 1. The molecule has 29 heavy (non-hydrogen) atoms. The highest BCUT2D eigenvalue weighted by Crippen LogP contribution is 2.19. The molecule has 1 aliphatic heterocycles. The Morgan fingerprint density at radius 1 is 1.24 bits per heavy atom. The van der Waals surface area contributed by atoms with Crippen LogP contribution in [0.1, 0.15) is 24.0 Å². The molecule has 0 N–H and O–H groups in total. The first kappa shape index (κ1) is 21.3. The lowest BCUT2D eigenvalue weighted by Crippen LogP contribution is -2.38. The van der Waals surface area contributed by atoms with Crippen molar-refractivity contribution in [2.75, 3.05) is 33.5 Å². The van der Waals surface area contributed by atoms with E-state index < -0.39 is 0 Å². The summed E-state index contributed by atoms with van der Waals surface area (Å²) in [6.45, 7) is 2.20. The van der Waals surface area contributed by atoms with Crippen LogP contribution in [-0.2, 0) is 27.2 Å². The molecule has 0 unspecified atom stereocenters. The van der Waals surface area contributed by atoms with Gasteiger partial charge in [-0.05, 0) is 42.2 Å². The minimum absolute atomic E-state index is 0.0472. The van der Waals surface area contributed by atoms with Gasteiger partial charge in [-0.2, -0.15) is 0 Å². The number of amides is 1. The summed E-state index contributed by atoms with van der Waals surface area (Å²) < 4.78 is 30.2. The van der Waals surface area contributed by atoms with E-state index >= 15 is 0 Å². The Labute approximate surface area is 171 Å². The zero-order chi connectivity index (χ0) is 20.5. The minimum atomic E-state index is -0.216. The third kappa shape index (κ3) is 6.54. The van der Waals surface area contributed by atoms with Gasteiger partial charge < -0.3 is 19.1 Å². The van der Waals surface area contributed by atoms with E-state index in [1.165, 1.54) is 13.2 Å². The van der Waals surface area contributed by atoms with Crippen molar-refractivity contribution in [1.29, 1.82) is 0 Å². The van der Waals surface area contributed by atoms with E-state index in [2.05, 4.69) is 0 Å². The van der Waals surface area contributed by atoms with E-state index in [1.54, 1.807) is 17.0 Å². The summed E-state index contributed by atoms with van der Waals surface area (Å²) in [4.78, 5) is 14.2. The smallest absolute Gasteiger partial charge is 0.248 e. The molecule has 1 atom stereocenters. The molecule has 156 valence electrons. The van der Waals surface area contributed by atoms with E-state index in [4.69, 9.17) is 14.2 Å². The maximum atomic E-state index is 13.7. The van der Waals surface area contributed by atoms with Crippen molar-refractivity contribution in [3.05, 3.63) is 65.5 Å². The van der Waals surface area contributed by atoms with Crippen molar-refractivity contribution in [2.45, 2.75) is 31.9 Å². The second-order valence-corrected chi connectivity index (χ2v) is 7.18. The van der Waals surface area contributed by atoms with Crippen LogP contribution in [0.25, 0.3) is 0 Å². The van der Waals surface area contributed by atoms with Crippen molar-refractivity contribution in [3.63, 3.8) is 0 Å². The molecule has 1 aliphatic rings. The van der Waals surface area contributed by atoms with Gasteiger partial charge in [0.15, 0.2) is 0 Å². The van der Waals surface area contributed by atoms with Gasteiger partial charge in [0, 0.05) is 33.2 Å². The van der Waals surface area contributed by atoms with E-state index in [0.717, 1.165) is 25.0 Å². The van der Waals surface area contributed by atoms with E-state index in [0.29, 0.717) is 37.4 Å². The number of ether oxygens (including phenoxy) is 3. The molecule has 0 aliphatic carbocycles. The number of carbonyl (C=O) groups excluding carboxylic acids is 1. The maximum absolute atomic E-state index is 13.7. The molecule has 5 nitrogen and oxygen atoms in total. The first-order chi connectivity index (χ1) is 14.2. The zero-order valence-electron chi connectivity index (χ0n) is 16.8. The third-order valence-corrected chi connectivity index (χ3v) is 4.94. The fourth-order valence-corrected chi connectivity index (χ4v) is 3.44. The van der Waals surface area contributed by atoms with Gasteiger partial charge in [-0.15, -0.1) is 0 Å². The van der Waals surface area contributed by atoms with Gasteiger partial charge in [0.2, 0.25) is 5.91 Å². The summed E-state index contributed by atoms with van der Waals surface area (Å²) in [6.07, 6.45) is 2.57. The van der Waals surface area contributed by atoms with Crippen molar-refractivity contribution >= 4 is 5.91 Å². The number of rotatable bonds is 10. The highest BCUT2D eigenvalue weighted by molar-refractivity contribution is 5.77. The van der Waals surface area contributed by atoms with Crippen molar-refractivity contribution in [3.8, 4) is 5.75 Å². The molecule has 0 bridgehead atoms. The first-order valence-electron chi connectivity index (χ1n) is 9.99. The molecule has 1 fully saturated rings. The Balaban J connectivity index is 1.58. The predicted octanol–water partition coefficient (Wildman–Crippen LogP) is 3.60. The van der Waals surface area contributed by atoms with Gasteiger partial charge in [-0.25, -0.2) is 4.39 Å². The molecular formula is C23H28FNO4. The molecule has 0 radical (unpaired) electrons. The van der Waals surface area contributed by atoms with Gasteiger partial charge in [0.25, 0.3) is 0 Å². The quantitative estimate of drug-likeness (QED) is 0.610. The van der Waals surface area contributed by atoms with Crippen molar-refractivity contribution < 1.29 is 23.4 Å². The lowest BCUT2D eigenvalue weighted by atomic mass is 10.1. The van der Waals surface area contributed by atoms with Gasteiger partial charge in [0.1, 0.15) is 18.2 Å². The molecule has 3 rings (SSSR count). The number of methoxy groups -OCH3 is 1. The topological polar surface area (TPSA) is 48.0 Å². The molecular weight excluding hydrogens is 373 g/mol. The molecule has 0 saturated carbocycles. The first-order valence-corrected chi connectivity index (χ1v) is 9.99. The molecule has 1 saturated heterocycles. The number of benzene rings is 2. The molecule has 6 heteroatoms. The standard InChI is InChI=1S/C23H28FNO4/c1-27-17-23(26)25(16-21-9-5-12-28-21)15-18-6-4-8-20(14-18)29-13-11-19-7-2-3-10-22(19)24/h2-4,6-8,10,14,21H,5,9,11-13,15-17H2,1H3/t21-/m1/s1. The Bertz CT molecular complexity index is 792. The zero-order valence-corrected chi connectivity index (χ0v) is 16.8. The second-order valence-electron chi connectivity index (χ2n) is 7.18. The number of hydrogen-bond acceptors (Lipinski definition) is 4. The lowest BCUT2D eigenvalue weighted by molar-refractivity contribution is -0.137. The average molecular weight is 401 g/mol. The second kappa shape index (κ2) is 10.9. The Morgan fingerprint density at radius 2 is 2.10 bits per heavy atom. The molecule has 2 aromatic rings. The largest absolute Gasteiger partial charge is 0.493 e. The van der Waals surface area contributed by atoms with E-state index in [9.17, 15) is 9.18 Å². The highest BCUT2D eigenvalue weighted by atomic mass is 19.1. The average Bonchev–Trinajstić information content (AvgIpc) is 3.23. The van der Waals surface area contributed by atoms with Crippen LogP contribution in [0.15, 0.2) is 48.5 Å². The van der Waals surface area contributed by atoms with Crippen LogP contribution in [0.5, 0.6) is 5.75 Å². The highest BCUT2D eigenvalue weighted by Gasteiger charge is 2.22. The van der Waals surface area contributed by atoms with Crippen LogP contribution in [0.2, 0.25) is 0 Å². The summed E-state index contributed by atoms with van der Waals surface area (Å²) in [7, 11) is 1.52. The van der Waals surface area contributed by atoms with Gasteiger partial charge >= 0.3 is 0 Å². The molecule has 1 amide bonds. The summed E-state index contributed by atoms with van der Waals surface area (Å²) in [5.41, 5.74) is 1.60. The summed E-state index contributed by atoms with van der Waals surface area (Å²) >= 11 is 0. The van der Waals surface area contributed by atoms with Crippen LogP contribution in [0, 0.1) is 5.82 Å². The van der Waals surface area contributed by atoms with E-state index in [1.807, 2.05) is 30.3 Å². The fourth-order valence-electron chi connectivity index (χ4n) is 3.44. The Hall–Kier alpha value is -2.44. The molecule has 1 heterocycles. The molecule has 0 spiro atoms. The van der Waals surface area contributed by atoms with Crippen molar-refractivity contribution in [1.82, 2.24) is 4.90 Å². The predicted molar refractivity (Wildman–Crippen MR) is 108 cm³/mol. The SMILES string of the molecule is COCC(=O)N(Cc1cccc(OCCc2ccccc2F)c1)C[C@H]1CCCO1. The number of hydrogen-bond donors (Lipinski definition) is 0. The summed E-state index contributed by atoms with van der Waals surface area (Å²) in [5.74, 6) is 0.426. The van der Waals surface area contributed by atoms with E-state index in [-0.39, 0.29) is 24.4 Å². The fraction of sp³-hybridized carbons (Fsp3) is 0.435. The van der Waals surface area contributed by atoms with Gasteiger partial charge in [-0.1, -0.05) is 30.3 Å².